The van der Waals surface area contributed by atoms with E-state index in [1.54, 1.807) is 38.8 Å². The topological polar surface area (TPSA) is 0 Å². The summed E-state index contributed by atoms with van der Waals surface area (Å²) >= 11 is 0. The van der Waals surface area contributed by atoms with Crippen LogP contribution in [0.2, 0.25) is 39.3 Å². The van der Waals surface area contributed by atoms with E-state index in [1.165, 1.54) is 5.39 Å². The number of allylic oxidation sites excluding steroid dienone is 2. The van der Waals surface area contributed by atoms with Crippen molar-refractivity contribution >= 4 is 38.3 Å². The summed E-state index contributed by atoms with van der Waals surface area (Å²) < 4.78 is 0. The third kappa shape index (κ3) is 2.22. The maximum atomic E-state index is 2.83. The molecule has 37 heavy (non-hydrogen) atoms. The molecule has 0 saturated heterocycles. The largest absolute Gasteiger partial charge is 0.0794 e. The van der Waals surface area contributed by atoms with Gasteiger partial charge in [0, 0.05) is 29.9 Å². The van der Waals surface area contributed by atoms with Crippen LogP contribution in [0, 0.1) is 0 Å². The summed E-state index contributed by atoms with van der Waals surface area (Å²) in [6.07, 6.45) is 5.37. The minimum absolute atomic E-state index is 0.0705. The first-order valence-corrected chi connectivity index (χ1v) is 25.1. The van der Waals surface area contributed by atoms with E-state index in [0.29, 0.717) is 17.8 Å². The van der Waals surface area contributed by atoms with Gasteiger partial charge in [-0.15, -0.1) is 0 Å². The van der Waals surface area contributed by atoms with Gasteiger partial charge in [0.1, 0.15) is 0 Å². The summed E-state index contributed by atoms with van der Waals surface area (Å²) in [4.78, 5) is 0. The Bertz CT molecular complexity index is 1640. The lowest BCUT2D eigenvalue weighted by atomic mass is 9.56. The van der Waals surface area contributed by atoms with E-state index in [-0.39, 0.29) is 5.04 Å². The fourth-order valence-electron chi connectivity index (χ4n) is 9.69. The molecular weight excluding hydrogens is 493 g/mol. The molecule has 0 nitrogen and oxygen atoms in total. The molecule has 3 heteroatoms. The summed E-state index contributed by atoms with van der Waals surface area (Å²) in [5, 5.41) is 4.93. The van der Waals surface area contributed by atoms with E-state index in [1.807, 2.05) is 5.19 Å². The monoisotopic (exact) mass is 528 g/mol. The molecule has 1 aliphatic heterocycles. The summed E-state index contributed by atoms with van der Waals surface area (Å²) in [5.41, 5.74) is 10.0. The second-order valence-electron chi connectivity index (χ2n) is 13.7. The zero-order valence-corrected chi connectivity index (χ0v) is 25.9. The summed E-state index contributed by atoms with van der Waals surface area (Å²) in [6, 6.07) is 31.5. The second-order valence-corrected chi connectivity index (χ2v) is 41.2. The Morgan fingerprint density at radius 1 is 0.649 bits per heavy atom. The van der Waals surface area contributed by atoms with Crippen LogP contribution >= 0.6 is 0 Å². The molecule has 0 fully saturated rings. The SMILES string of the molecule is C[Si]1(C)c2c3c(cc4ccccc24)C2C=CC3C3(c4ccccc4C2c2ccccc23)[Si](C)(C)[Si]1(C)C. The van der Waals surface area contributed by atoms with Gasteiger partial charge in [-0.3, -0.25) is 0 Å². The van der Waals surface area contributed by atoms with Crippen LogP contribution < -0.4 is 5.19 Å². The standard InChI is InChI=1S/C34H36Si3/c1-35(2)33-23-14-8-7-13-22(23)21-27-24-19-20-30(32(27)33)34(36(3,4)37(35,5)6)28-17-11-9-15-25(28)31(24)26-16-10-12-18-29(26)34/h7-21,24,30-31H,1-6H3. The molecule has 1 spiro atoms. The van der Waals surface area contributed by atoms with Gasteiger partial charge in [-0.05, 0) is 44.2 Å². The van der Waals surface area contributed by atoms with Crippen LogP contribution in [0.5, 0.6) is 0 Å². The highest BCUT2D eigenvalue weighted by Gasteiger charge is 2.71. The first kappa shape index (κ1) is 22.5. The maximum Gasteiger partial charge on any atom is 0.0726 e. The Morgan fingerprint density at radius 3 is 1.92 bits per heavy atom. The van der Waals surface area contributed by atoms with E-state index in [2.05, 4.69) is 130 Å². The molecule has 5 aliphatic rings. The second kappa shape index (κ2) is 6.75. The van der Waals surface area contributed by atoms with Gasteiger partial charge in [0.2, 0.25) is 0 Å². The van der Waals surface area contributed by atoms with Crippen LogP contribution in [0.1, 0.15) is 51.1 Å². The zero-order valence-electron chi connectivity index (χ0n) is 22.9. The minimum Gasteiger partial charge on any atom is -0.0794 e. The van der Waals surface area contributed by atoms with Crippen molar-refractivity contribution in [2.24, 2.45) is 0 Å². The predicted octanol–water partition coefficient (Wildman–Crippen LogP) is 8.06. The maximum absolute atomic E-state index is 2.83. The number of benzene rings is 4. The van der Waals surface area contributed by atoms with Crippen molar-refractivity contribution in [3.63, 3.8) is 0 Å². The lowest BCUT2D eigenvalue weighted by molar-refractivity contribution is 0.509. The quantitative estimate of drug-likeness (QED) is 0.160. The highest BCUT2D eigenvalue weighted by Crippen LogP contribution is 2.67. The van der Waals surface area contributed by atoms with E-state index in [0.717, 1.165) is 0 Å². The van der Waals surface area contributed by atoms with E-state index < -0.39 is 22.3 Å². The first-order chi connectivity index (χ1) is 17.7. The van der Waals surface area contributed by atoms with Gasteiger partial charge in [-0.2, -0.15) is 0 Å². The summed E-state index contributed by atoms with van der Waals surface area (Å²) in [5.74, 6) is 1.21. The van der Waals surface area contributed by atoms with Crippen LogP contribution in [-0.4, -0.2) is 22.3 Å². The highest BCUT2D eigenvalue weighted by molar-refractivity contribution is 7.71. The van der Waals surface area contributed by atoms with Crippen LogP contribution in [0.25, 0.3) is 10.8 Å². The highest BCUT2D eigenvalue weighted by atomic mass is 29.6. The molecule has 2 atom stereocenters. The zero-order chi connectivity index (χ0) is 25.5. The molecule has 0 radical (unpaired) electrons. The number of hydrogen-bond acceptors (Lipinski definition) is 0. The van der Waals surface area contributed by atoms with Crippen LogP contribution in [0.15, 0.2) is 91.0 Å². The molecule has 2 unspecified atom stereocenters. The molecule has 184 valence electrons. The van der Waals surface area contributed by atoms with Gasteiger partial charge < -0.3 is 0 Å². The summed E-state index contributed by atoms with van der Waals surface area (Å²) in [6.45, 7) is 16.9. The van der Waals surface area contributed by atoms with Gasteiger partial charge in [-0.25, -0.2) is 0 Å². The Kier molecular flexibility index (Phi) is 4.10. The fourth-order valence-corrected chi connectivity index (χ4v) is 46.1. The van der Waals surface area contributed by atoms with E-state index in [9.17, 15) is 0 Å². The molecule has 0 N–H and O–H groups in total. The van der Waals surface area contributed by atoms with E-state index >= 15 is 0 Å². The fraction of sp³-hybridized carbons (Fsp3) is 0.294. The molecule has 9 rings (SSSR count). The Morgan fingerprint density at radius 2 is 1.24 bits per heavy atom. The van der Waals surface area contributed by atoms with Crippen molar-refractivity contribution in [3.8, 4) is 0 Å². The van der Waals surface area contributed by atoms with Crippen molar-refractivity contribution in [1.29, 1.82) is 0 Å². The van der Waals surface area contributed by atoms with Crippen molar-refractivity contribution in [1.82, 2.24) is 0 Å². The van der Waals surface area contributed by atoms with Gasteiger partial charge in [0.15, 0.2) is 0 Å². The van der Waals surface area contributed by atoms with Gasteiger partial charge in [-0.1, -0.05) is 135 Å². The Hall–Kier alpha value is -2.47. The lowest BCUT2D eigenvalue weighted by Gasteiger charge is -2.62. The Labute approximate surface area is 224 Å². The average Bonchev–Trinajstić information content (AvgIpc) is 2.90. The number of fused-ring (bicyclic) bond motifs is 2. The first-order valence-electron chi connectivity index (χ1n) is 14.1. The smallest absolute Gasteiger partial charge is 0.0726 e. The van der Waals surface area contributed by atoms with Crippen molar-refractivity contribution in [3.05, 3.63) is 124 Å². The molecule has 4 aliphatic carbocycles. The molecule has 4 aromatic carbocycles. The van der Waals surface area contributed by atoms with Crippen molar-refractivity contribution in [2.75, 3.05) is 0 Å². The molecule has 4 aromatic rings. The van der Waals surface area contributed by atoms with E-state index in [4.69, 9.17) is 0 Å². The molecule has 0 amide bonds. The van der Waals surface area contributed by atoms with Crippen LogP contribution in [0.3, 0.4) is 0 Å². The van der Waals surface area contributed by atoms with Gasteiger partial charge in [0.25, 0.3) is 0 Å². The third-order valence-corrected chi connectivity index (χ3v) is 55.1. The average molecular weight is 529 g/mol. The predicted molar refractivity (Wildman–Crippen MR) is 166 cm³/mol. The lowest BCUT2D eigenvalue weighted by Crippen LogP contribution is -2.79. The molecule has 0 aromatic heterocycles. The molecule has 0 saturated carbocycles. The number of rotatable bonds is 0. The Balaban J connectivity index is 1.71. The third-order valence-electron chi connectivity index (χ3n) is 12.3. The van der Waals surface area contributed by atoms with Crippen LogP contribution in [0.4, 0.5) is 0 Å². The molecule has 1 heterocycles. The normalized spacial score (nSPS) is 30.3. The van der Waals surface area contributed by atoms with Gasteiger partial charge >= 0.3 is 0 Å². The molecular formula is C34H36Si3. The van der Waals surface area contributed by atoms with Crippen molar-refractivity contribution in [2.45, 2.75) is 62.1 Å². The van der Waals surface area contributed by atoms with Gasteiger partial charge in [0.05, 0.1) is 15.2 Å². The van der Waals surface area contributed by atoms with Crippen molar-refractivity contribution < 1.29 is 0 Å². The molecule has 5 bridgehead atoms. The minimum atomic E-state index is -1.95. The summed E-state index contributed by atoms with van der Waals surface area (Å²) in [7, 11) is -5.54. The van der Waals surface area contributed by atoms with Crippen LogP contribution in [-0.2, 0) is 5.04 Å². The number of hydrogen-bond donors (Lipinski definition) is 0.